The lowest BCUT2D eigenvalue weighted by Gasteiger charge is -1.98. The molecule has 15 heavy (non-hydrogen) atoms. The number of benzene rings is 1. The van der Waals surface area contributed by atoms with Crippen LogP contribution in [0.2, 0.25) is 0 Å². The zero-order valence-corrected chi connectivity index (χ0v) is 10.5. The van der Waals surface area contributed by atoms with Crippen molar-refractivity contribution in [3.8, 4) is 0 Å². The molecule has 0 fully saturated rings. The summed E-state index contributed by atoms with van der Waals surface area (Å²) in [5.41, 5.74) is 6.52. The Balaban J connectivity index is 2.21. The van der Waals surface area contributed by atoms with Crippen molar-refractivity contribution in [1.82, 2.24) is 9.78 Å². The lowest BCUT2D eigenvalue weighted by molar-refractivity contribution is 0.738. The minimum Gasteiger partial charge on any atom is -0.395 e. The minimum atomic E-state index is 0.713. The molecule has 1 heterocycles. The molecular weight excluding hydrogens is 274 g/mol. The quantitative estimate of drug-likeness (QED) is 0.922. The SMILES string of the molecule is Cn1cc(N)c(Sc2ccc(Br)cc2)n1. The Hall–Kier alpha value is -0.940. The number of aryl methyl sites for hydroxylation is 1. The summed E-state index contributed by atoms with van der Waals surface area (Å²) in [6.45, 7) is 0. The second kappa shape index (κ2) is 4.28. The molecule has 2 rings (SSSR count). The Morgan fingerprint density at radius 2 is 2.00 bits per heavy atom. The molecule has 2 aromatic rings. The molecule has 3 nitrogen and oxygen atoms in total. The van der Waals surface area contributed by atoms with E-state index >= 15 is 0 Å². The van der Waals surface area contributed by atoms with Crippen LogP contribution < -0.4 is 5.73 Å². The molecule has 1 aromatic carbocycles. The molecule has 0 aliphatic heterocycles. The van der Waals surface area contributed by atoms with E-state index in [0.29, 0.717) is 5.69 Å². The van der Waals surface area contributed by atoms with Crippen LogP contribution in [0.25, 0.3) is 0 Å². The molecule has 5 heteroatoms. The van der Waals surface area contributed by atoms with Crippen LogP contribution in [0.4, 0.5) is 5.69 Å². The molecule has 78 valence electrons. The van der Waals surface area contributed by atoms with E-state index in [2.05, 4.69) is 21.0 Å². The zero-order valence-electron chi connectivity index (χ0n) is 8.14. The summed E-state index contributed by atoms with van der Waals surface area (Å²) in [6, 6.07) is 8.06. The molecule has 0 saturated heterocycles. The molecule has 0 unspecified atom stereocenters. The monoisotopic (exact) mass is 283 g/mol. The molecule has 0 saturated carbocycles. The van der Waals surface area contributed by atoms with Crippen LogP contribution in [0.5, 0.6) is 0 Å². The predicted molar refractivity (Wildman–Crippen MR) is 65.9 cm³/mol. The summed E-state index contributed by atoms with van der Waals surface area (Å²) in [7, 11) is 1.86. The van der Waals surface area contributed by atoms with Gasteiger partial charge in [-0.05, 0) is 24.3 Å². The van der Waals surface area contributed by atoms with E-state index in [9.17, 15) is 0 Å². The van der Waals surface area contributed by atoms with E-state index in [1.54, 1.807) is 22.6 Å². The molecule has 0 aliphatic carbocycles. The van der Waals surface area contributed by atoms with E-state index in [1.165, 1.54) is 0 Å². The van der Waals surface area contributed by atoms with Crippen molar-refractivity contribution < 1.29 is 0 Å². The second-order valence-corrected chi connectivity index (χ2v) is 5.10. The van der Waals surface area contributed by atoms with Crippen molar-refractivity contribution in [2.75, 3.05) is 5.73 Å². The number of halogens is 1. The fourth-order valence-electron chi connectivity index (χ4n) is 1.18. The van der Waals surface area contributed by atoms with Crippen molar-refractivity contribution >= 4 is 33.4 Å². The first-order chi connectivity index (χ1) is 7.15. The van der Waals surface area contributed by atoms with Gasteiger partial charge in [0.05, 0.1) is 5.69 Å². The maximum Gasteiger partial charge on any atom is 0.146 e. The van der Waals surface area contributed by atoms with Gasteiger partial charge in [-0.3, -0.25) is 4.68 Å². The number of nitrogens with zero attached hydrogens (tertiary/aromatic N) is 2. The number of aromatic nitrogens is 2. The van der Waals surface area contributed by atoms with Crippen LogP contribution in [0.3, 0.4) is 0 Å². The lowest BCUT2D eigenvalue weighted by Crippen LogP contribution is -1.86. The van der Waals surface area contributed by atoms with E-state index in [-0.39, 0.29) is 0 Å². The number of hydrogen-bond donors (Lipinski definition) is 1. The third-order valence-corrected chi connectivity index (χ3v) is 3.40. The van der Waals surface area contributed by atoms with Crippen molar-refractivity contribution in [2.45, 2.75) is 9.92 Å². The Kier molecular flexibility index (Phi) is 3.02. The summed E-state index contributed by atoms with van der Waals surface area (Å²) in [6.07, 6.45) is 1.81. The van der Waals surface area contributed by atoms with Gasteiger partial charge in [0.15, 0.2) is 0 Å². The largest absolute Gasteiger partial charge is 0.395 e. The topological polar surface area (TPSA) is 43.8 Å². The highest BCUT2D eigenvalue weighted by Crippen LogP contribution is 2.30. The van der Waals surface area contributed by atoms with Crippen molar-refractivity contribution in [1.29, 1.82) is 0 Å². The Morgan fingerprint density at radius 1 is 1.33 bits per heavy atom. The van der Waals surface area contributed by atoms with Crippen molar-refractivity contribution in [2.24, 2.45) is 7.05 Å². The summed E-state index contributed by atoms with van der Waals surface area (Å²) in [5.74, 6) is 0. The smallest absolute Gasteiger partial charge is 0.146 e. The Bertz CT molecular complexity index is 464. The Labute approximate surface area is 101 Å². The van der Waals surface area contributed by atoms with E-state index < -0.39 is 0 Å². The van der Waals surface area contributed by atoms with E-state index in [4.69, 9.17) is 5.73 Å². The van der Waals surface area contributed by atoms with Crippen LogP contribution in [0.15, 0.2) is 44.9 Å². The average Bonchev–Trinajstić information content (AvgIpc) is 2.49. The van der Waals surface area contributed by atoms with Gasteiger partial charge in [-0.25, -0.2) is 0 Å². The van der Waals surface area contributed by atoms with Gasteiger partial charge in [0.2, 0.25) is 0 Å². The normalized spacial score (nSPS) is 10.5. The maximum atomic E-state index is 5.81. The van der Waals surface area contributed by atoms with E-state index in [1.807, 2.05) is 31.3 Å². The Morgan fingerprint density at radius 3 is 2.53 bits per heavy atom. The first-order valence-electron chi connectivity index (χ1n) is 4.37. The molecular formula is C10H10BrN3S. The van der Waals surface area contributed by atoms with Gasteiger partial charge in [-0.15, -0.1) is 0 Å². The fourth-order valence-corrected chi connectivity index (χ4v) is 2.28. The highest BCUT2D eigenvalue weighted by molar-refractivity contribution is 9.10. The van der Waals surface area contributed by atoms with Gasteiger partial charge in [0.25, 0.3) is 0 Å². The first-order valence-corrected chi connectivity index (χ1v) is 5.98. The average molecular weight is 284 g/mol. The van der Waals surface area contributed by atoms with Crippen LogP contribution in [0, 0.1) is 0 Å². The molecule has 0 bridgehead atoms. The first kappa shape index (κ1) is 10.6. The molecule has 0 radical (unpaired) electrons. The fraction of sp³-hybridized carbons (Fsp3) is 0.100. The minimum absolute atomic E-state index is 0.713. The van der Waals surface area contributed by atoms with Crippen LogP contribution >= 0.6 is 27.7 Å². The van der Waals surface area contributed by atoms with E-state index in [0.717, 1.165) is 14.4 Å². The van der Waals surface area contributed by atoms with Gasteiger partial charge in [0, 0.05) is 22.6 Å². The molecule has 1 aromatic heterocycles. The summed E-state index contributed by atoms with van der Waals surface area (Å²) in [5, 5.41) is 5.12. The zero-order chi connectivity index (χ0) is 10.8. The second-order valence-electron chi connectivity index (χ2n) is 3.12. The summed E-state index contributed by atoms with van der Waals surface area (Å²) in [4.78, 5) is 1.13. The maximum absolute atomic E-state index is 5.81. The third-order valence-electron chi connectivity index (χ3n) is 1.85. The van der Waals surface area contributed by atoms with Gasteiger partial charge < -0.3 is 5.73 Å². The molecule has 0 amide bonds. The number of anilines is 1. The number of hydrogen-bond acceptors (Lipinski definition) is 3. The summed E-state index contributed by atoms with van der Waals surface area (Å²) < 4.78 is 2.79. The van der Waals surface area contributed by atoms with Crippen LogP contribution in [0.1, 0.15) is 0 Å². The van der Waals surface area contributed by atoms with Gasteiger partial charge >= 0.3 is 0 Å². The van der Waals surface area contributed by atoms with Crippen molar-refractivity contribution in [3.63, 3.8) is 0 Å². The van der Waals surface area contributed by atoms with Gasteiger partial charge in [-0.1, -0.05) is 27.7 Å². The predicted octanol–water partition coefficient (Wildman–Crippen LogP) is 2.92. The van der Waals surface area contributed by atoms with Gasteiger partial charge in [-0.2, -0.15) is 5.10 Å². The number of nitrogens with two attached hydrogens (primary N) is 1. The highest BCUT2D eigenvalue weighted by atomic mass is 79.9. The number of nitrogen functional groups attached to an aromatic ring is 1. The highest BCUT2D eigenvalue weighted by Gasteiger charge is 2.05. The third kappa shape index (κ3) is 2.54. The standard InChI is InChI=1S/C10H10BrN3S/c1-14-6-9(12)10(13-14)15-8-4-2-7(11)3-5-8/h2-6H,12H2,1H3. The van der Waals surface area contributed by atoms with Crippen LogP contribution in [-0.2, 0) is 7.05 Å². The van der Waals surface area contributed by atoms with Gasteiger partial charge in [0.1, 0.15) is 5.03 Å². The summed E-state index contributed by atoms with van der Waals surface area (Å²) >= 11 is 4.96. The molecule has 2 N–H and O–H groups in total. The lowest BCUT2D eigenvalue weighted by atomic mass is 10.4. The number of rotatable bonds is 2. The molecule has 0 aliphatic rings. The molecule has 0 spiro atoms. The van der Waals surface area contributed by atoms with Crippen molar-refractivity contribution in [3.05, 3.63) is 34.9 Å². The molecule has 0 atom stereocenters. The van der Waals surface area contributed by atoms with Crippen LogP contribution in [-0.4, -0.2) is 9.78 Å².